The van der Waals surface area contributed by atoms with Gasteiger partial charge in [0.05, 0.1) is 6.26 Å². The van der Waals surface area contributed by atoms with Crippen molar-refractivity contribution in [3.05, 3.63) is 11.7 Å². The molecule has 0 saturated carbocycles. The molecule has 8 heteroatoms. The molecule has 1 aromatic heterocycles. The number of amides is 1. The van der Waals surface area contributed by atoms with E-state index in [1.54, 1.807) is 0 Å². The lowest BCUT2D eigenvalue weighted by Crippen LogP contribution is -2.29. The van der Waals surface area contributed by atoms with E-state index in [9.17, 15) is 13.2 Å². The standard InChI is InChI=1S/C11H19N3O4S/c1-11(2,3)10-12-9(18-13-10)7-5-6-8(15)14-19(4,16)17/h5-7H2,1-4H3,(H,14,15). The molecule has 1 N–H and O–H groups in total. The van der Waals surface area contributed by atoms with Crippen LogP contribution in [0.4, 0.5) is 0 Å². The van der Waals surface area contributed by atoms with Gasteiger partial charge in [-0.2, -0.15) is 4.98 Å². The molecule has 1 heterocycles. The Bertz CT molecular complexity index is 543. The predicted octanol–water partition coefficient (Wildman–Crippen LogP) is 0.766. The quantitative estimate of drug-likeness (QED) is 0.858. The first kappa shape index (κ1) is 15.6. The van der Waals surface area contributed by atoms with Gasteiger partial charge in [0, 0.05) is 18.3 Å². The van der Waals surface area contributed by atoms with Crippen LogP contribution in [0, 0.1) is 0 Å². The van der Waals surface area contributed by atoms with Crippen LogP contribution in [0.1, 0.15) is 45.3 Å². The monoisotopic (exact) mass is 289 g/mol. The second-order valence-corrected chi connectivity index (χ2v) is 7.16. The summed E-state index contributed by atoms with van der Waals surface area (Å²) in [5.74, 6) is 0.540. The van der Waals surface area contributed by atoms with Gasteiger partial charge in [0.25, 0.3) is 0 Å². The van der Waals surface area contributed by atoms with Crippen LogP contribution in [-0.2, 0) is 26.7 Å². The molecule has 1 aromatic rings. The second kappa shape index (κ2) is 5.68. The largest absolute Gasteiger partial charge is 0.339 e. The maximum atomic E-state index is 11.3. The maximum Gasteiger partial charge on any atom is 0.233 e. The van der Waals surface area contributed by atoms with Crippen LogP contribution in [0.25, 0.3) is 0 Å². The van der Waals surface area contributed by atoms with Crippen molar-refractivity contribution in [2.24, 2.45) is 0 Å². The van der Waals surface area contributed by atoms with Gasteiger partial charge in [-0.1, -0.05) is 25.9 Å². The Morgan fingerprint density at radius 1 is 1.37 bits per heavy atom. The van der Waals surface area contributed by atoms with E-state index in [1.807, 2.05) is 25.5 Å². The average molecular weight is 289 g/mol. The molecule has 19 heavy (non-hydrogen) atoms. The van der Waals surface area contributed by atoms with Crippen molar-refractivity contribution in [2.75, 3.05) is 6.26 Å². The Hall–Kier alpha value is -1.44. The number of aromatic nitrogens is 2. The fourth-order valence-electron chi connectivity index (χ4n) is 1.32. The van der Waals surface area contributed by atoms with Gasteiger partial charge in [-0.05, 0) is 6.42 Å². The fraction of sp³-hybridized carbons (Fsp3) is 0.727. The molecule has 108 valence electrons. The summed E-state index contributed by atoms with van der Waals surface area (Å²) >= 11 is 0. The van der Waals surface area contributed by atoms with E-state index >= 15 is 0 Å². The molecule has 0 bridgehead atoms. The molecule has 1 amide bonds. The normalized spacial score (nSPS) is 12.4. The molecule has 0 atom stereocenters. The van der Waals surface area contributed by atoms with Crippen molar-refractivity contribution in [1.29, 1.82) is 0 Å². The highest BCUT2D eigenvalue weighted by atomic mass is 32.2. The summed E-state index contributed by atoms with van der Waals surface area (Å²) in [6.45, 7) is 5.92. The van der Waals surface area contributed by atoms with Gasteiger partial charge in [0.15, 0.2) is 5.82 Å². The van der Waals surface area contributed by atoms with Gasteiger partial charge in [0.1, 0.15) is 0 Å². The van der Waals surface area contributed by atoms with Crippen LogP contribution in [0.2, 0.25) is 0 Å². The van der Waals surface area contributed by atoms with Crippen molar-refractivity contribution in [3.8, 4) is 0 Å². The molecule has 0 aromatic carbocycles. The lowest BCUT2D eigenvalue weighted by molar-refractivity contribution is -0.119. The van der Waals surface area contributed by atoms with Crippen LogP contribution in [0.15, 0.2) is 4.52 Å². The summed E-state index contributed by atoms with van der Waals surface area (Å²) in [5, 5.41) is 3.86. The molecule has 7 nitrogen and oxygen atoms in total. The number of sulfonamides is 1. The zero-order valence-corrected chi connectivity index (χ0v) is 12.4. The number of hydrogen-bond acceptors (Lipinski definition) is 6. The molecule has 0 aliphatic carbocycles. The van der Waals surface area contributed by atoms with Crippen LogP contribution >= 0.6 is 0 Å². The SMILES string of the molecule is CC(C)(C)c1noc(CCCC(=O)NS(C)(=O)=O)n1. The summed E-state index contributed by atoms with van der Waals surface area (Å²) in [7, 11) is -3.48. The predicted molar refractivity (Wildman–Crippen MR) is 68.9 cm³/mol. The van der Waals surface area contributed by atoms with Gasteiger partial charge >= 0.3 is 0 Å². The van der Waals surface area contributed by atoms with Crippen molar-refractivity contribution in [3.63, 3.8) is 0 Å². The van der Waals surface area contributed by atoms with E-state index in [-0.39, 0.29) is 11.8 Å². The third-order valence-electron chi connectivity index (χ3n) is 2.23. The number of carbonyl (C=O) groups excluding carboxylic acids is 1. The summed E-state index contributed by atoms with van der Waals surface area (Å²) in [6, 6.07) is 0. The van der Waals surface area contributed by atoms with Crippen molar-refractivity contribution in [1.82, 2.24) is 14.9 Å². The van der Waals surface area contributed by atoms with E-state index in [1.165, 1.54) is 0 Å². The molecule has 0 fully saturated rings. The first-order valence-corrected chi connectivity index (χ1v) is 7.81. The highest BCUT2D eigenvalue weighted by Gasteiger charge is 2.20. The summed E-state index contributed by atoms with van der Waals surface area (Å²) in [4.78, 5) is 15.5. The van der Waals surface area contributed by atoms with E-state index < -0.39 is 15.9 Å². The summed E-state index contributed by atoms with van der Waals surface area (Å²) in [6.07, 6.45) is 1.94. The lowest BCUT2D eigenvalue weighted by atomic mass is 9.96. The second-order valence-electron chi connectivity index (χ2n) is 5.41. The average Bonchev–Trinajstić information content (AvgIpc) is 2.62. The first-order chi connectivity index (χ1) is 8.58. The highest BCUT2D eigenvalue weighted by Crippen LogP contribution is 2.18. The Morgan fingerprint density at radius 2 is 2.00 bits per heavy atom. The molecule has 0 aliphatic heterocycles. The minimum atomic E-state index is -3.48. The van der Waals surface area contributed by atoms with E-state index in [2.05, 4.69) is 10.1 Å². The van der Waals surface area contributed by atoms with Gasteiger partial charge in [-0.15, -0.1) is 0 Å². The first-order valence-electron chi connectivity index (χ1n) is 5.91. The minimum Gasteiger partial charge on any atom is -0.339 e. The van der Waals surface area contributed by atoms with Crippen LogP contribution < -0.4 is 4.72 Å². The van der Waals surface area contributed by atoms with Crippen LogP contribution in [0.3, 0.4) is 0 Å². The Kier molecular flexibility index (Phi) is 4.67. The van der Waals surface area contributed by atoms with Crippen molar-refractivity contribution in [2.45, 2.75) is 45.4 Å². The van der Waals surface area contributed by atoms with E-state index in [0.29, 0.717) is 24.6 Å². The Labute approximate surface area is 112 Å². The number of hydrogen-bond donors (Lipinski definition) is 1. The molecular formula is C11H19N3O4S. The van der Waals surface area contributed by atoms with Crippen LogP contribution in [-0.4, -0.2) is 30.7 Å². The molecule has 0 saturated heterocycles. The Balaban J connectivity index is 2.42. The minimum absolute atomic E-state index is 0.0975. The van der Waals surface area contributed by atoms with Gasteiger partial charge < -0.3 is 4.52 Å². The number of nitrogens with one attached hydrogen (secondary N) is 1. The summed E-state index contributed by atoms with van der Waals surface area (Å²) in [5.41, 5.74) is -0.185. The summed E-state index contributed by atoms with van der Waals surface area (Å²) < 4.78 is 28.6. The molecule has 1 rings (SSSR count). The van der Waals surface area contributed by atoms with Crippen LogP contribution in [0.5, 0.6) is 0 Å². The molecule has 0 aliphatic rings. The fourth-order valence-corrected chi connectivity index (χ4v) is 1.83. The smallest absolute Gasteiger partial charge is 0.233 e. The van der Waals surface area contributed by atoms with Gasteiger partial charge in [0.2, 0.25) is 21.8 Å². The molecule has 0 radical (unpaired) electrons. The van der Waals surface area contributed by atoms with E-state index in [4.69, 9.17) is 4.52 Å². The zero-order chi connectivity index (χ0) is 14.7. The van der Waals surface area contributed by atoms with Gasteiger partial charge in [-0.3, -0.25) is 9.52 Å². The van der Waals surface area contributed by atoms with Gasteiger partial charge in [-0.25, -0.2) is 8.42 Å². The zero-order valence-electron chi connectivity index (χ0n) is 11.6. The van der Waals surface area contributed by atoms with E-state index in [0.717, 1.165) is 6.26 Å². The molecular weight excluding hydrogens is 270 g/mol. The number of rotatable bonds is 5. The topological polar surface area (TPSA) is 102 Å². The lowest BCUT2D eigenvalue weighted by Gasteiger charge is -2.10. The molecule has 0 spiro atoms. The Morgan fingerprint density at radius 3 is 2.47 bits per heavy atom. The number of nitrogens with zero attached hydrogens (tertiary/aromatic N) is 2. The van der Waals surface area contributed by atoms with Crippen molar-refractivity contribution < 1.29 is 17.7 Å². The third kappa shape index (κ3) is 5.82. The number of carbonyl (C=O) groups is 1. The maximum absolute atomic E-state index is 11.3. The molecule has 0 unspecified atom stereocenters. The van der Waals surface area contributed by atoms with Crippen molar-refractivity contribution >= 4 is 15.9 Å². The third-order valence-corrected chi connectivity index (χ3v) is 2.83. The highest BCUT2D eigenvalue weighted by molar-refractivity contribution is 7.89. The number of aryl methyl sites for hydroxylation is 1.